The number of carbonyl (C=O) groups is 1. The number of fused-ring (bicyclic) bond motifs is 1. The van der Waals surface area contributed by atoms with Crippen LogP contribution in [-0.4, -0.2) is 31.0 Å². The molecule has 1 aliphatic rings. The molecule has 0 saturated heterocycles. The maximum Gasteiger partial charge on any atom is 0.309 e. The number of hydrogen-bond donors (Lipinski definition) is 2. The molecule has 0 spiro atoms. The predicted octanol–water partition coefficient (Wildman–Crippen LogP) is 4.64. The topological polar surface area (TPSA) is 91.8 Å². The molecule has 1 saturated carbocycles. The molecule has 2 atom stereocenters. The molecule has 0 aromatic carbocycles. The van der Waals surface area contributed by atoms with Crippen LogP contribution in [0.25, 0.3) is 22.4 Å². The van der Waals surface area contributed by atoms with Gasteiger partial charge in [-0.05, 0) is 38.2 Å². The first-order chi connectivity index (χ1) is 13.4. The number of carboxylic acid groups (broad SMARTS) is 1. The van der Waals surface area contributed by atoms with Crippen molar-refractivity contribution >= 4 is 28.6 Å². The number of rotatable bonds is 4. The van der Waals surface area contributed by atoms with Crippen LogP contribution in [0.5, 0.6) is 0 Å². The summed E-state index contributed by atoms with van der Waals surface area (Å²) in [5, 5.41) is 10.9. The Labute approximate surface area is 166 Å². The molecule has 1 unspecified atom stereocenters. The summed E-state index contributed by atoms with van der Waals surface area (Å²) < 4.78 is 14.5. The van der Waals surface area contributed by atoms with E-state index in [0.717, 1.165) is 30.8 Å². The smallest absolute Gasteiger partial charge is 0.309 e. The Bertz CT molecular complexity index is 1050. The number of halogens is 2. The van der Waals surface area contributed by atoms with Gasteiger partial charge in [-0.1, -0.05) is 24.4 Å². The highest BCUT2D eigenvalue weighted by Gasteiger charge is 2.43. The maximum absolute atomic E-state index is 14.5. The molecular weight excluding hydrogens is 383 g/mol. The van der Waals surface area contributed by atoms with E-state index in [2.05, 4.69) is 19.9 Å². The van der Waals surface area contributed by atoms with Crippen molar-refractivity contribution in [1.29, 1.82) is 0 Å². The summed E-state index contributed by atoms with van der Waals surface area (Å²) in [6.07, 6.45) is 7.83. The zero-order valence-corrected chi connectivity index (χ0v) is 16.1. The van der Waals surface area contributed by atoms with Gasteiger partial charge in [-0.2, -0.15) is 0 Å². The monoisotopic (exact) mass is 402 g/mol. The van der Waals surface area contributed by atoms with Gasteiger partial charge in [0.1, 0.15) is 5.65 Å². The van der Waals surface area contributed by atoms with Gasteiger partial charge in [-0.15, -0.1) is 0 Å². The van der Waals surface area contributed by atoms with Gasteiger partial charge < -0.3 is 10.1 Å². The SMILES string of the molecule is C[C@]1(C(=O)O)CCCCC1Cc1nc(-c2c[nH]c3ncc(Cl)cc23)ncc1F. The average Bonchev–Trinajstić information content (AvgIpc) is 3.08. The van der Waals surface area contributed by atoms with Crippen LogP contribution < -0.4 is 0 Å². The Morgan fingerprint density at radius 1 is 1.39 bits per heavy atom. The van der Waals surface area contributed by atoms with Crippen LogP contribution in [0.15, 0.2) is 24.7 Å². The summed E-state index contributed by atoms with van der Waals surface area (Å²) in [6, 6.07) is 1.75. The molecule has 0 radical (unpaired) electrons. The van der Waals surface area contributed by atoms with Gasteiger partial charge in [-0.25, -0.2) is 19.3 Å². The summed E-state index contributed by atoms with van der Waals surface area (Å²) in [5.74, 6) is -1.16. The third-order valence-corrected chi connectivity index (χ3v) is 6.09. The summed E-state index contributed by atoms with van der Waals surface area (Å²) in [4.78, 5) is 27.7. The number of aromatic amines is 1. The minimum absolute atomic E-state index is 0.171. The lowest BCUT2D eigenvalue weighted by atomic mass is 9.66. The van der Waals surface area contributed by atoms with Crippen molar-refractivity contribution in [2.75, 3.05) is 0 Å². The summed E-state index contributed by atoms with van der Waals surface area (Å²) in [7, 11) is 0. The maximum atomic E-state index is 14.5. The Balaban J connectivity index is 1.71. The fourth-order valence-electron chi connectivity index (χ4n) is 4.09. The number of nitrogens with one attached hydrogen (secondary N) is 1. The quantitative estimate of drug-likeness (QED) is 0.663. The zero-order chi connectivity index (χ0) is 19.9. The lowest BCUT2D eigenvalue weighted by Crippen LogP contribution is -2.39. The van der Waals surface area contributed by atoms with E-state index in [9.17, 15) is 14.3 Å². The fraction of sp³-hybridized carbons (Fsp3) is 0.400. The lowest BCUT2D eigenvalue weighted by molar-refractivity contribution is -0.153. The molecular formula is C20H20ClFN4O2. The first-order valence-electron chi connectivity index (χ1n) is 9.26. The normalized spacial score (nSPS) is 22.5. The number of carboxylic acids is 1. The van der Waals surface area contributed by atoms with Gasteiger partial charge in [0.05, 0.1) is 22.3 Å². The molecule has 2 N–H and O–H groups in total. The molecule has 0 aliphatic heterocycles. The lowest BCUT2D eigenvalue weighted by Gasteiger charge is -2.38. The number of hydrogen-bond acceptors (Lipinski definition) is 4. The van der Waals surface area contributed by atoms with Crippen molar-refractivity contribution in [2.45, 2.75) is 39.0 Å². The molecule has 3 heterocycles. The molecule has 4 rings (SSSR count). The minimum atomic E-state index is -0.867. The second kappa shape index (κ2) is 7.13. The molecule has 0 amide bonds. The first-order valence-corrected chi connectivity index (χ1v) is 9.64. The third kappa shape index (κ3) is 3.24. The number of nitrogens with zero attached hydrogens (tertiary/aromatic N) is 3. The van der Waals surface area contributed by atoms with Gasteiger partial charge in [0, 0.05) is 23.3 Å². The standard InChI is InChI=1S/C20H20ClFN4O2/c1-20(19(27)28)5-3-2-4-11(20)6-16-15(22)10-25-18(26-16)14-9-24-17-13(14)7-12(21)8-23-17/h7-11H,2-6H2,1H3,(H,23,24)(H,27,28)/t11?,20-/m0/s1. The van der Waals surface area contributed by atoms with E-state index in [-0.39, 0.29) is 18.0 Å². The summed E-state index contributed by atoms with van der Waals surface area (Å²) in [6.45, 7) is 1.76. The molecule has 3 aromatic heterocycles. The van der Waals surface area contributed by atoms with Crippen LogP contribution in [0.4, 0.5) is 4.39 Å². The average molecular weight is 403 g/mol. The van der Waals surface area contributed by atoms with E-state index in [0.29, 0.717) is 28.5 Å². The third-order valence-electron chi connectivity index (χ3n) is 5.88. The Hall–Kier alpha value is -2.54. The highest BCUT2D eigenvalue weighted by atomic mass is 35.5. The van der Waals surface area contributed by atoms with Gasteiger partial charge >= 0.3 is 5.97 Å². The molecule has 1 aliphatic carbocycles. The molecule has 28 heavy (non-hydrogen) atoms. The Kier molecular flexibility index (Phi) is 4.79. The fourth-order valence-corrected chi connectivity index (χ4v) is 4.24. The van der Waals surface area contributed by atoms with E-state index >= 15 is 0 Å². The summed E-state index contributed by atoms with van der Waals surface area (Å²) in [5.41, 5.74) is 0.692. The van der Waals surface area contributed by atoms with Crippen molar-refractivity contribution in [3.63, 3.8) is 0 Å². The molecule has 8 heteroatoms. The van der Waals surface area contributed by atoms with Gasteiger partial charge in [-0.3, -0.25) is 4.79 Å². The van der Waals surface area contributed by atoms with Gasteiger partial charge in [0.25, 0.3) is 0 Å². The second-order valence-electron chi connectivity index (χ2n) is 7.61. The Morgan fingerprint density at radius 2 is 2.21 bits per heavy atom. The molecule has 6 nitrogen and oxygen atoms in total. The molecule has 1 fully saturated rings. The minimum Gasteiger partial charge on any atom is -0.481 e. The van der Waals surface area contributed by atoms with Crippen molar-refractivity contribution in [1.82, 2.24) is 19.9 Å². The van der Waals surface area contributed by atoms with E-state index < -0.39 is 17.2 Å². The molecule has 0 bridgehead atoms. The number of H-pyrrole nitrogens is 1. The predicted molar refractivity (Wildman–Crippen MR) is 103 cm³/mol. The number of aliphatic carboxylic acids is 1. The van der Waals surface area contributed by atoms with Crippen LogP contribution in [0.2, 0.25) is 5.02 Å². The van der Waals surface area contributed by atoms with Crippen LogP contribution in [0.1, 0.15) is 38.3 Å². The van der Waals surface area contributed by atoms with Gasteiger partial charge in [0.15, 0.2) is 11.6 Å². The van der Waals surface area contributed by atoms with Crippen LogP contribution in [-0.2, 0) is 11.2 Å². The van der Waals surface area contributed by atoms with Crippen LogP contribution >= 0.6 is 11.6 Å². The largest absolute Gasteiger partial charge is 0.481 e. The highest BCUT2D eigenvalue weighted by Crippen LogP contribution is 2.43. The van der Waals surface area contributed by atoms with Crippen molar-refractivity contribution in [3.8, 4) is 11.4 Å². The van der Waals surface area contributed by atoms with Crippen molar-refractivity contribution in [3.05, 3.63) is 41.2 Å². The molecule has 3 aromatic rings. The van der Waals surface area contributed by atoms with Crippen LogP contribution in [0, 0.1) is 17.2 Å². The van der Waals surface area contributed by atoms with E-state index in [1.165, 1.54) is 6.20 Å². The number of aromatic nitrogens is 4. The number of pyridine rings is 1. The molecule has 146 valence electrons. The van der Waals surface area contributed by atoms with E-state index in [4.69, 9.17) is 11.6 Å². The van der Waals surface area contributed by atoms with E-state index in [1.54, 1.807) is 19.2 Å². The summed E-state index contributed by atoms with van der Waals surface area (Å²) >= 11 is 6.05. The first kappa shape index (κ1) is 18.8. The van der Waals surface area contributed by atoms with Crippen molar-refractivity contribution in [2.24, 2.45) is 11.3 Å². The zero-order valence-electron chi connectivity index (χ0n) is 15.4. The van der Waals surface area contributed by atoms with Gasteiger partial charge in [0.2, 0.25) is 0 Å². The van der Waals surface area contributed by atoms with Crippen LogP contribution in [0.3, 0.4) is 0 Å². The van der Waals surface area contributed by atoms with Crippen molar-refractivity contribution < 1.29 is 14.3 Å². The second-order valence-corrected chi connectivity index (χ2v) is 8.05. The Morgan fingerprint density at radius 3 is 3.00 bits per heavy atom. The van der Waals surface area contributed by atoms with E-state index in [1.807, 2.05) is 0 Å². The highest BCUT2D eigenvalue weighted by molar-refractivity contribution is 6.31.